The minimum absolute atomic E-state index is 0.305. The molecule has 0 aliphatic rings. The number of aryl methyl sites for hydroxylation is 1. The van der Waals surface area contributed by atoms with Gasteiger partial charge in [-0.15, -0.1) is 11.3 Å². The Labute approximate surface area is 130 Å². The maximum Gasteiger partial charge on any atom is 0.242 e. The van der Waals surface area contributed by atoms with Gasteiger partial charge in [0.25, 0.3) is 0 Å². The summed E-state index contributed by atoms with van der Waals surface area (Å²) in [5.41, 5.74) is 2.11. The van der Waals surface area contributed by atoms with E-state index in [-0.39, 0.29) is 0 Å². The van der Waals surface area contributed by atoms with Crippen LogP contribution in [0, 0.1) is 6.92 Å². The summed E-state index contributed by atoms with van der Waals surface area (Å²) >= 11 is 1.46. The van der Waals surface area contributed by atoms with Crippen LogP contribution in [0.15, 0.2) is 40.6 Å². The maximum absolute atomic E-state index is 12.4. The predicted molar refractivity (Wildman–Crippen MR) is 86.9 cm³/mol. The fraction of sp³-hybridized carbons (Fsp3) is 0.333. The van der Waals surface area contributed by atoms with E-state index in [0.717, 1.165) is 22.5 Å². The number of thiophene rings is 1. The van der Waals surface area contributed by atoms with Crippen molar-refractivity contribution in [1.29, 1.82) is 0 Å². The van der Waals surface area contributed by atoms with Crippen LogP contribution in [0.1, 0.15) is 22.9 Å². The van der Waals surface area contributed by atoms with E-state index in [2.05, 4.69) is 10.0 Å². The van der Waals surface area contributed by atoms with Crippen molar-refractivity contribution in [3.63, 3.8) is 0 Å². The van der Waals surface area contributed by atoms with Crippen LogP contribution in [-0.4, -0.2) is 15.0 Å². The van der Waals surface area contributed by atoms with E-state index in [1.165, 1.54) is 11.3 Å². The van der Waals surface area contributed by atoms with Crippen LogP contribution < -0.4 is 10.0 Å². The third kappa shape index (κ3) is 4.38. The van der Waals surface area contributed by atoms with E-state index in [0.29, 0.717) is 18.0 Å². The third-order valence-electron chi connectivity index (χ3n) is 3.12. The number of sulfonamides is 1. The molecule has 0 radical (unpaired) electrons. The van der Waals surface area contributed by atoms with Crippen molar-refractivity contribution in [2.75, 3.05) is 6.54 Å². The number of hydrogen-bond acceptors (Lipinski definition) is 4. The Hall–Kier alpha value is -1.21. The Morgan fingerprint density at radius 3 is 2.48 bits per heavy atom. The molecule has 0 bridgehead atoms. The molecular weight excluding hydrogens is 304 g/mol. The van der Waals surface area contributed by atoms with Gasteiger partial charge in [0.15, 0.2) is 0 Å². The summed E-state index contributed by atoms with van der Waals surface area (Å²) in [7, 11) is -3.47. The average Bonchev–Trinajstić information content (AvgIpc) is 2.94. The van der Waals surface area contributed by atoms with Crippen molar-refractivity contribution < 1.29 is 8.42 Å². The highest BCUT2D eigenvalue weighted by Crippen LogP contribution is 2.22. The van der Waals surface area contributed by atoms with Crippen molar-refractivity contribution in [2.24, 2.45) is 0 Å². The van der Waals surface area contributed by atoms with Crippen LogP contribution in [-0.2, 0) is 23.1 Å². The second kappa shape index (κ2) is 7.17. The lowest BCUT2D eigenvalue weighted by Crippen LogP contribution is -2.24. The van der Waals surface area contributed by atoms with Gasteiger partial charge in [0.1, 0.15) is 0 Å². The summed E-state index contributed by atoms with van der Waals surface area (Å²) in [5, 5.41) is 4.97. The molecule has 4 nitrogen and oxygen atoms in total. The van der Waals surface area contributed by atoms with E-state index in [9.17, 15) is 8.42 Å². The molecule has 21 heavy (non-hydrogen) atoms. The summed E-state index contributed by atoms with van der Waals surface area (Å²) in [6.45, 7) is 5.70. The van der Waals surface area contributed by atoms with Crippen LogP contribution in [0.5, 0.6) is 0 Å². The Kier molecular flexibility index (Phi) is 5.52. The van der Waals surface area contributed by atoms with Gasteiger partial charge in [0.2, 0.25) is 10.0 Å². The molecule has 2 N–H and O–H groups in total. The Bertz CT molecular complexity index is 676. The largest absolute Gasteiger partial charge is 0.312 e. The Morgan fingerprint density at radius 1 is 1.10 bits per heavy atom. The van der Waals surface area contributed by atoms with Gasteiger partial charge in [-0.1, -0.05) is 36.8 Å². The van der Waals surface area contributed by atoms with E-state index in [1.54, 1.807) is 6.07 Å². The number of hydrogen-bond donors (Lipinski definition) is 2. The van der Waals surface area contributed by atoms with E-state index < -0.39 is 10.0 Å². The van der Waals surface area contributed by atoms with E-state index in [4.69, 9.17) is 0 Å². The van der Waals surface area contributed by atoms with Gasteiger partial charge in [-0.05, 0) is 30.5 Å². The fourth-order valence-electron chi connectivity index (χ4n) is 1.90. The molecule has 0 atom stereocenters. The monoisotopic (exact) mass is 324 g/mol. The number of benzene rings is 1. The third-order valence-corrected chi connectivity index (χ3v) is 5.65. The summed E-state index contributed by atoms with van der Waals surface area (Å²) in [6, 6.07) is 9.49. The van der Waals surface area contributed by atoms with Gasteiger partial charge < -0.3 is 5.32 Å². The van der Waals surface area contributed by atoms with Crippen LogP contribution in [0.2, 0.25) is 0 Å². The first-order chi connectivity index (χ1) is 10.0. The summed E-state index contributed by atoms with van der Waals surface area (Å²) in [4.78, 5) is 1.22. The molecule has 1 aromatic heterocycles. The zero-order valence-electron chi connectivity index (χ0n) is 12.2. The molecule has 114 valence electrons. The smallest absolute Gasteiger partial charge is 0.242 e. The SMILES string of the molecule is CCNCc1sccc1S(=O)(=O)NCc1ccc(C)cc1. The van der Waals surface area contributed by atoms with Gasteiger partial charge in [-0.3, -0.25) is 0 Å². The highest BCUT2D eigenvalue weighted by molar-refractivity contribution is 7.89. The average molecular weight is 324 g/mol. The minimum Gasteiger partial charge on any atom is -0.312 e. The molecular formula is C15H20N2O2S2. The minimum atomic E-state index is -3.47. The zero-order chi connectivity index (χ0) is 15.3. The summed E-state index contributed by atoms with van der Waals surface area (Å²) < 4.78 is 27.4. The molecule has 0 aliphatic heterocycles. The molecule has 0 unspecified atom stereocenters. The standard InChI is InChI=1S/C15H20N2O2S2/c1-3-16-11-14-15(8-9-20-14)21(18,19)17-10-13-6-4-12(2)5-7-13/h4-9,16-17H,3,10-11H2,1-2H3. The zero-order valence-corrected chi connectivity index (χ0v) is 13.9. The molecule has 0 saturated carbocycles. The molecule has 1 heterocycles. The molecule has 0 aliphatic carbocycles. The summed E-state index contributed by atoms with van der Waals surface area (Å²) in [5.74, 6) is 0. The first-order valence-electron chi connectivity index (χ1n) is 6.85. The number of nitrogens with one attached hydrogen (secondary N) is 2. The van der Waals surface area contributed by atoms with Gasteiger partial charge in [-0.2, -0.15) is 0 Å². The highest BCUT2D eigenvalue weighted by atomic mass is 32.2. The lowest BCUT2D eigenvalue weighted by atomic mass is 10.2. The van der Waals surface area contributed by atoms with Crippen molar-refractivity contribution in [3.8, 4) is 0 Å². The molecule has 0 spiro atoms. The molecule has 6 heteroatoms. The lowest BCUT2D eigenvalue weighted by molar-refractivity contribution is 0.579. The van der Waals surface area contributed by atoms with Crippen LogP contribution in [0.25, 0.3) is 0 Å². The maximum atomic E-state index is 12.4. The van der Waals surface area contributed by atoms with Gasteiger partial charge >= 0.3 is 0 Å². The van der Waals surface area contributed by atoms with Crippen molar-refractivity contribution in [1.82, 2.24) is 10.0 Å². The second-order valence-electron chi connectivity index (χ2n) is 4.80. The predicted octanol–water partition coefficient (Wildman–Crippen LogP) is 2.64. The van der Waals surface area contributed by atoms with Crippen molar-refractivity contribution in [3.05, 3.63) is 51.7 Å². The molecule has 0 fully saturated rings. The lowest BCUT2D eigenvalue weighted by Gasteiger charge is -2.08. The van der Waals surface area contributed by atoms with Gasteiger partial charge in [0.05, 0.1) is 4.90 Å². The fourth-order valence-corrected chi connectivity index (χ4v) is 4.33. The normalized spacial score (nSPS) is 11.7. The number of rotatable bonds is 7. The Morgan fingerprint density at radius 2 is 1.81 bits per heavy atom. The first-order valence-corrected chi connectivity index (χ1v) is 9.21. The van der Waals surface area contributed by atoms with Gasteiger partial charge in [-0.25, -0.2) is 13.1 Å². The quantitative estimate of drug-likeness (QED) is 0.823. The molecule has 0 saturated heterocycles. The highest BCUT2D eigenvalue weighted by Gasteiger charge is 2.19. The Balaban J connectivity index is 2.08. The second-order valence-corrected chi connectivity index (χ2v) is 7.53. The van der Waals surface area contributed by atoms with Crippen LogP contribution in [0.4, 0.5) is 0 Å². The van der Waals surface area contributed by atoms with Gasteiger partial charge in [0, 0.05) is 18.0 Å². The summed E-state index contributed by atoms with van der Waals surface area (Å²) in [6.07, 6.45) is 0. The molecule has 2 aromatic rings. The molecule has 0 amide bonds. The topological polar surface area (TPSA) is 58.2 Å². The van der Waals surface area contributed by atoms with E-state index in [1.807, 2.05) is 43.5 Å². The van der Waals surface area contributed by atoms with Crippen molar-refractivity contribution >= 4 is 21.4 Å². The first kappa shape index (κ1) is 16.2. The van der Waals surface area contributed by atoms with E-state index >= 15 is 0 Å². The molecule has 1 aromatic carbocycles. The van der Waals surface area contributed by atoms with Crippen LogP contribution >= 0.6 is 11.3 Å². The van der Waals surface area contributed by atoms with Crippen LogP contribution in [0.3, 0.4) is 0 Å². The van der Waals surface area contributed by atoms with Crippen molar-refractivity contribution in [2.45, 2.75) is 31.8 Å². The molecule has 2 rings (SSSR count).